The van der Waals surface area contributed by atoms with Crippen LogP contribution in [0.4, 0.5) is 0 Å². The predicted molar refractivity (Wildman–Crippen MR) is 69.1 cm³/mol. The number of rotatable bonds is 1. The second-order valence-electron chi connectivity index (χ2n) is 2.78. The number of hydrogen-bond donors (Lipinski definition) is 1. The Balaban J connectivity index is -0.000000333. The summed E-state index contributed by atoms with van der Waals surface area (Å²) in [5.74, 6) is 0. The Kier molecular flexibility index (Phi) is 11.7. The molecule has 1 aromatic heterocycles. The van der Waals surface area contributed by atoms with E-state index in [2.05, 4.69) is 0 Å². The first-order chi connectivity index (χ1) is 4.61. The molecule has 1 aromatic rings. The molecular weight excluding hydrogens is 366 g/mol. The molecule has 0 amide bonds. The number of hydrogen-bond acceptors (Lipinski definition) is 1. The summed E-state index contributed by atoms with van der Waals surface area (Å²) < 4.78 is 1.74. The maximum absolute atomic E-state index is 9.45. The summed E-state index contributed by atoms with van der Waals surface area (Å²) in [5.41, 5.74) is -0.790. The van der Waals surface area contributed by atoms with E-state index < -0.39 is 5.72 Å². The molecule has 0 spiro atoms. The summed E-state index contributed by atoms with van der Waals surface area (Å²) in [6, 6.07) is 5.69. The minimum Gasteiger partial charge on any atom is -0.335 e. The van der Waals surface area contributed by atoms with Gasteiger partial charge in [-0.3, -0.25) is 0 Å². The van der Waals surface area contributed by atoms with Crippen molar-refractivity contribution < 1.29 is 9.67 Å². The summed E-state index contributed by atoms with van der Waals surface area (Å²) in [5, 5.41) is 9.45. The van der Waals surface area contributed by atoms with Crippen molar-refractivity contribution in [3.05, 3.63) is 30.6 Å². The Morgan fingerprint density at radius 2 is 1.31 bits per heavy atom. The zero-order valence-corrected chi connectivity index (χ0v) is 12.6. The molecule has 1 rings (SSSR count). The molecule has 13 heavy (non-hydrogen) atoms. The van der Waals surface area contributed by atoms with Crippen molar-refractivity contribution in [2.75, 3.05) is 0 Å². The van der Waals surface area contributed by atoms with E-state index in [4.69, 9.17) is 0 Å². The first-order valence-electron chi connectivity index (χ1n) is 3.30. The van der Waals surface area contributed by atoms with Crippen LogP contribution in [0.25, 0.3) is 0 Å². The van der Waals surface area contributed by atoms with Crippen LogP contribution in [0.5, 0.6) is 0 Å². The highest BCUT2D eigenvalue weighted by Crippen LogP contribution is 1.97. The summed E-state index contributed by atoms with van der Waals surface area (Å²) in [6.07, 6.45) is 3.67. The first-order valence-corrected chi connectivity index (χ1v) is 3.30. The van der Waals surface area contributed by atoms with Gasteiger partial charge in [0.1, 0.15) is 0 Å². The highest BCUT2D eigenvalue weighted by molar-refractivity contribution is 8.93. The maximum Gasteiger partial charge on any atom is 0.263 e. The van der Waals surface area contributed by atoms with Crippen LogP contribution in [0.15, 0.2) is 30.6 Å². The van der Waals surface area contributed by atoms with Crippen molar-refractivity contribution in [2.24, 2.45) is 0 Å². The predicted octanol–water partition coefficient (Wildman–Crippen LogP) is 2.39. The van der Waals surface area contributed by atoms with Crippen molar-refractivity contribution in [2.45, 2.75) is 19.6 Å². The molecule has 0 aliphatic heterocycles. The number of pyridine rings is 1. The molecule has 0 bridgehead atoms. The van der Waals surface area contributed by atoms with Crippen molar-refractivity contribution in [1.82, 2.24) is 0 Å². The lowest BCUT2D eigenvalue weighted by molar-refractivity contribution is -0.799. The Hall–Kier alpha value is 0.550. The van der Waals surface area contributed by atoms with Gasteiger partial charge in [0, 0.05) is 26.0 Å². The van der Waals surface area contributed by atoms with E-state index in [9.17, 15) is 5.11 Å². The van der Waals surface area contributed by atoms with Crippen LogP contribution in [0.1, 0.15) is 13.8 Å². The number of aromatic nitrogens is 1. The summed E-state index contributed by atoms with van der Waals surface area (Å²) >= 11 is 0. The molecule has 2 nitrogen and oxygen atoms in total. The smallest absolute Gasteiger partial charge is 0.263 e. The van der Waals surface area contributed by atoms with Crippen LogP contribution in [-0.2, 0) is 5.72 Å². The molecule has 0 aliphatic rings. The molecule has 0 unspecified atom stereocenters. The minimum atomic E-state index is -0.790. The van der Waals surface area contributed by atoms with Crippen molar-refractivity contribution in [3.63, 3.8) is 0 Å². The van der Waals surface area contributed by atoms with Gasteiger partial charge in [0.25, 0.3) is 5.72 Å². The fourth-order valence-corrected chi connectivity index (χ4v) is 0.763. The second kappa shape index (κ2) is 7.91. The molecular formula is C8H15Br3NO+. The highest BCUT2D eigenvalue weighted by atomic mass is 79.9. The maximum atomic E-state index is 9.45. The van der Waals surface area contributed by atoms with E-state index in [-0.39, 0.29) is 50.9 Å². The van der Waals surface area contributed by atoms with Crippen LogP contribution >= 0.6 is 50.9 Å². The molecule has 5 heteroatoms. The van der Waals surface area contributed by atoms with Gasteiger partial charge in [0.15, 0.2) is 12.4 Å². The average Bonchev–Trinajstić information content (AvgIpc) is 1.88. The van der Waals surface area contributed by atoms with E-state index in [1.54, 1.807) is 18.4 Å². The third kappa shape index (κ3) is 6.60. The summed E-state index contributed by atoms with van der Waals surface area (Å²) in [6.45, 7) is 3.49. The van der Waals surface area contributed by atoms with E-state index in [1.807, 2.05) is 30.6 Å². The standard InChI is InChI=1S/C8H12NO.3BrH/c1-8(2,10)9-6-4-3-5-7-9;;;/h3-7,10H,1-2H3;3*1H/q+1;;;. The third-order valence-corrected chi connectivity index (χ3v) is 1.35. The Morgan fingerprint density at radius 3 is 1.54 bits per heavy atom. The highest BCUT2D eigenvalue weighted by Gasteiger charge is 2.21. The second-order valence-corrected chi connectivity index (χ2v) is 2.78. The Labute approximate surface area is 110 Å². The molecule has 0 fully saturated rings. The summed E-state index contributed by atoms with van der Waals surface area (Å²) in [7, 11) is 0. The van der Waals surface area contributed by atoms with Gasteiger partial charge in [-0.15, -0.1) is 50.9 Å². The van der Waals surface area contributed by atoms with E-state index >= 15 is 0 Å². The zero-order valence-electron chi connectivity index (χ0n) is 7.51. The molecule has 0 radical (unpaired) electrons. The van der Waals surface area contributed by atoms with Gasteiger partial charge in [0.05, 0.1) is 0 Å². The fourth-order valence-electron chi connectivity index (χ4n) is 0.763. The molecule has 1 heterocycles. The van der Waals surface area contributed by atoms with Crippen molar-refractivity contribution >= 4 is 50.9 Å². The zero-order chi connectivity index (χ0) is 7.61. The molecule has 0 atom stereocenters. The normalized spacial score (nSPS) is 8.85. The molecule has 0 saturated carbocycles. The number of aliphatic hydroxyl groups is 1. The summed E-state index contributed by atoms with van der Waals surface area (Å²) in [4.78, 5) is 0. The van der Waals surface area contributed by atoms with Crippen molar-refractivity contribution in [1.29, 1.82) is 0 Å². The van der Waals surface area contributed by atoms with Crippen LogP contribution in [0, 0.1) is 0 Å². The van der Waals surface area contributed by atoms with Crippen LogP contribution in [-0.4, -0.2) is 5.11 Å². The molecule has 1 N–H and O–H groups in total. The fraction of sp³-hybridized carbons (Fsp3) is 0.375. The number of nitrogens with zero attached hydrogens (tertiary/aromatic N) is 1. The largest absolute Gasteiger partial charge is 0.335 e. The van der Waals surface area contributed by atoms with Gasteiger partial charge >= 0.3 is 0 Å². The lowest BCUT2D eigenvalue weighted by Crippen LogP contribution is -2.51. The van der Waals surface area contributed by atoms with Crippen LogP contribution in [0.2, 0.25) is 0 Å². The average molecular weight is 381 g/mol. The van der Waals surface area contributed by atoms with Crippen LogP contribution < -0.4 is 4.57 Å². The van der Waals surface area contributed by atoms with Gasteiger partial charge in [0.2, 0.25) is 0 Å². The van der Waals surface area contributed by atoms with E-state index in [0.29, 0.717) is 0 Å². The Morgan fingerprint density at radius 1 is 0.923 bits per heavy atom. The number of halogens is 3. The lowest BCUT2D eigenvalue weighted by Gasteiger charge is -2.09. The molecule has 78 valence electrons. The molecule has 0 aliphatic carbocycles. The Bertz CT molecular complexity index is 210. The van der Waals surface area contributed by atoms with Gasteiger partial charge in [-0.05, 0) is 0 Å². The lowest BCUT2D eigenvalue weighted by atomic mass is 10.3. The molecule has 0 saturated heterocycles. The minimum absolute atomic E-state index is 0. The van der Waals surface area contributed by atoms with Gasteiger partial charge < -0.3 is 5.11 Å². The monoisotopic (exact) mass is 378 g/mol. The van der Waals surface area contributed by atoms with Crippen molar-refractivity contribution in [3.8, 4) is 0 Å². The van der Waals surface area contributed by atoms with E-state index in [1.165, 1.54) is 0 Å². The van der Waals surface area contributed by atoms with Gasteiger partial charge in [-0.2, -0.15) is 4.57 Å². The topological polar surface area (TPSA) is 24.1 Å². The van der Waals surface area contributed by atoms with Gasteiger partial charge in [-0.25, -0.2) is 0 Å². The van der Waals surface area contributed by atoms with Gasteiger partial charge in [-0.1, -0.05) is 6.07 Å². The third-order valence-electron chi connectivity index (χ3n) is 1.35. The molecule has 0 aromatic carbocycles. The van der Waals surface area contributed by atoms with E-state index in [0.717, 1.165) is 0 Å². The van der Waals surface area contributed by atoms with Crippen LogP contribution in [0.3, 0.4) is 0 Å². The quantitative estimate of drug-likeness (QED) is 0.743. The SMILES string of the molecule is Br.Br.Br.CC(C)(O)[n+]1ccccc1. The first kappa shape index (κ1) is 19.2.